The van der Waals surface area contributed by atoms with Crippen LogP contribution in [0.3, 0.4) is 0 Å². The summed E-state index contributed by atoms with van der Waals surface area (Å²) >= 11 is 0. The van der Waals surface area contributed by atoms with E-state index in [1.807, 2.05) is 0 Å². The Balaban J connectivity index is 3.84. The molecule has 3 amide bonds. The SMILES string of the molecule is NC(=O)CCC(=O)NC(N)C(=O)NCCO. The molecule has 16 heavy (non-hydrogen) atoms. The maximum absolute atomic E-state index is 11.1. The number of primary amides is 1. The second-order valence-corrected chi connectivity index (χ2v) is 3.03. The molecule has 0 aromatic carbocycles. The molecule has 8 heteroatoms. The summed E-state index contributed by atoms with van der Waals surface area (Å²) < 4.78 is 0. The minimum absolute atomic E-state index is 0.0592. The van der Waals surface area contributed by atoms with Gasteiger partial charge in [0.25, 0.3) is 5.91 Å². The lowest BCUT2D eigenvalue weighted by atomic mass is 10.3. The summed E-state index contributed by atoms with van der Waals surface area (Å²) in [4.78, 5) is 32.6. The van der Waals surface area contributed by atoms with Crippen LogP contribution >= 0.6 is 0 Å². The van der Waals surface area contributed by atoms with Crippen LogP contribution in [0, 0.1) is 0 Å². The molecule has 0 saturated heterocycles. The number of nitrogens with two attached hydrogens (primary N) is 2. The Labute approximate surface area is 92.4 Å². The third-order valence-electron chi connectivity index (χ3n) is 1.61. The molecule has 0 aliphatic rings. The Morgan fingerprint density at radius 3 is 2.38 bits per heavy atom. The number of nitrogens with one attached hydrogen (secondary N) is 2. The highest BCUT2D eigenvalue weighted by atomic mass is 16.3. The molecule has 1 atom stereocenters. The number of carbonyl (C=O) groups is 3. The van der Waals surface area contributed by atoms with Crippen molar-refractivity contribution in [2.24, 2.45) is 11.5 Å². The summed E-state index contributed by atoms with van der Waals surface area (Å²) in [7, 11) is 0. The van der Waals surface area contributed by atoms with Crippen LogP contribution in [-0.4, -0.2) is 42.1 Å². The molecule has 7 N–H and O–H groups in total. The van der Waals surface area contributed by atoms with Crippen molar-refractivity contribution in [3.05, 3.63) is 0 Å². The molecular formula is C8H16N4O4. The average Bonchev–Trinajstić information content (AvgIpc) is 2.22. The zero-order chi connectivity index (χ0) is 12.6. The first-order valence-corrected chi connectivity index (χ1v) is 4.69. The fourth-order valence-electron chi connectivity index (χ4n) is 0.837. The molecule has 0 saturated carbocycles. The lowest BCUT2D eigenvalue weighted by Crippen LogP contribution is -2.52. The van der Waals surface area contributed by atoms with Gasteiger partial charge in [-0.05, 0) is 0 Å². The Morgan fingerprint density at radius 2 is 1.88 bits per heavy atom. The van der Waals surface area contributed by atoms with E-state index in [-0.39, 0.29) is 26.0 Å². The van der Waals surface area contributed by atoms with Crippen LogP contribution in [0.15, 0.2) is 0 Å². The molecular weight excluding hydrogens is 216 g/mol. The van der Waals surface area contributed by atoms with Gasteiger partial charge in [0, 0.05) is 19.4 Å². The summed E-state index contributed by atoms with van der Waals surface area (Å²) in [6.07, 6.45) is -1.42. The van der Waals surface area contributed by atoms with Crippen molar-refractivity contribution >= 4 is 17.7 Å². The molecule has 0 heterocycles. The van der Waals surface area contributed by atoms with Gasteiger partial charge < -0.3 is 27.2 Å². The highest BCUT2D eigenvalue weighted by Crippen LogP contribution is 1.87. The van der Waals surface area contributed by atoms with E-state index >= 15 is 0 Å². The number of hydrogen-bond donors (Lipinski definition) is 5. The summed E-state index contributed by atoms with van der Waals surface area (Å²) in [6.45, 7) is -0.155. The van der Waals surface area contributed by atoms with Gasteiger partial charge in [-0.3, -0.25) is 14.4 Å². The Morgan fingerprint density at radius 1 is 1.25 bits per heavy atom. The van der Waals surface area contributed by atoms with Crippen LogP contribution < -0.4 is 22.1 Å². The van der Waals surface area contributed by atoms with Crippen molar-refractivity contribution in [3.63, 3.8) is 0 Å². The molecule has 0 fully saturated rings. The van der Waals surface area contributed by atoms with E-state index < -0.39 is 23.9 Å². The normalized spacial score (nSPS) is 11.6. The predicted molar refractivity (Wildman–Crippen MR) is 54.6 cm³/mol. The molecule has 8 nitrogen and oxygen atoms in total. The lowest BCUT2D eigenvalue weighted by molar-refractivity contribution is -0.129. The van der Waals surface area contributed by atoms with Crippen LogP contribution in [0.2, 0.25) is 0 Å². The van der Waals surface area contributed by atoms with Crippen molar-refractivity contribution in [1.29, 1.82) is 0 Å². The number of amides is 3. The first-order chi connectivity index (χ1) is 7.47. The molecule has 0 radical (unpaired) electrons. The van der Waals surface area contributed by atoms with Crippen molar-refractivity contribution in [3.8, 4) is 0 Å². The summed E-state index contributed by atoms with van der Waals surface area (Å²) in [6, 6.07) is 0. The van der Waals surface area contributed by atoms with Crippen LogP contribution in [0.4, 0.5) is 0 Å². The largest absolute Gasteiger partial charge is 0.395 e. The standard InChI is InChI=1S/C8H16N4O4/c9-5(14)1-2-6(15)12-7(10)8(16)11-3-4-13/h7,13H,1-4,10H2,(H2,9,14)(H,11,16)(H,12,15). The molecule has 92 valence electrons. The van der Waals surface area contributed by atoms with E-state index in [9.17, 15) is 14.4 Å². The van der Waals surface area contributed by atoms with E-state index in [2.05, 4.69) is 10.6 Å². The molecule has 1 unspecified atom stereocenters. The molecule has 0 aromatic rings. The van der Waals surface area contributed by atoms with Gasteiger partial charge in [0.1, 0.15) is 0 Å². The number of aliphatic hydroxyl groups excluding tert-OH is 1. The topological polar surface area (TPSA) is 148 Å². The van der Waals surface area contributed by atoms with Crippen molar-refractivity contribution in [1.82, 2.24) is 10.6 Å². The van der Waals surface area contributed by atoms with Crippen molar-refractivity contribution in [2.45, 2.75) is 19.0 Å². The van der Waals surface area contributed by atoms with E-state index in [0.717, 1.165) is 0 Å². The summed E-state index contributed by atoms with van der Waals surface area (Å²) in [5, 5.41) is 12.9. The minimum atomic E-state index is -1.20. The zero-order valence-electron chi connectivity index (χ0n) is 8.73. The Bertz CT molecular complexity index is 269. The molecule has 0 spiro atoms. The second-order valence-electron chi connectivity index (χ2n) is 3.03. The molecule has 0 rings (SSSR count). The maximum atomic E-state index is 11.1. The third-order valence-corrected chi connectivity index (χ3v) is 1.61. The number of hydrogen-bond acceptors (Lipinski definition) is 5. The highest BCUT2D eigenvalue weighted by molar-refractivity contribution is 5.88. The lowest BCUT2D eigenvalue weighted by Gasteiger charge is -2.13. The van der Waals surface area contributed by atoms with E-state index in [4.69, 9.17) is 16.6 Å². The number of aliphatic hydroxyl groups is 1. The zero-order valence-corrected chi connectivity index (χ0v) is 8.73. The average molecular weight is 232 g/mol. The van der Waals surface area contributed by atoms with Crippen molar-refractivity contribution < 1.29 is 19.5 Å². The fraction of sp³-hybridized carbons (Fsp3) is 0.625. The second kappa shape index (κ2) is 7.60. The van der Waals surface area contributed by atoms with Gasteiger partial charge in [0.15, 0.2) is 6.17 Å². The predicted octanol–water partition coefficient (Wildman–Crippen LogP) is -3.24. The number of carbonyl (C=O) groups excluding carboxylic acids is 3. The van der Waals surface area contributed by atoms with Gasteiger partial charge >= 0.3 is 0 Å². The van der Waals surface area contributed by atoms with Gasteiger partial charge in [-0.25, -0.2) is 0 Å². The first kappa shape index (κ1) is 14.3. The molecule has 0 aliphatic heterocycles. The summed E-state index contributed by atoms with van der Waals surface area (Å²) in [5.74, 6) is -1.75. The molecule has 0 aromatic heterocycles. The molecule has 0 bridgehead atoms. The van der Waals surface area contributed by atoms with Gasteiger partial charge in [0.2, 0.25) is 11.8 Å². The van der Waals surface area contributed by atoms with Crippen molar-refractivity contribution in [2.75, 3.05) is 13.2 Å². The Kier molecular flexibility index (Phi) is 6.81. The van der Waals surface area contributed by atoms with Crippen LogP contribution in [0.25, 0.3) is 0 Å². The van der Waals surface area contributed by atoms with E-state index in [0.29, 0.717) is 0 Å². The smallest absolute Gasteiger partial charge is 0.257 e. The quantitative estimate of drug-likeness (QED) is 0.292. The highest BCUT2D eigenvalue weighted by Gasteiger charge is 2.15. The molecule has 0 aliphatic carbocycles. The van der Waals surface area contributed by atoms with Crippen LogP contribution in [-0.2, 0) is 14.4 Å². The first-order valence-electron chi connectivity index (χ1n) is 4.69. The fourth-order valence-corrected chi connectivity index (χ4v) is 0.837. The van der Waals surface area contributed by atoms with E-state index in [1.54, 1.807) is 0 Å². The van der Waals surface area contributed by atoms with Crippen LogP contribution in [0.1, 0.15) is 12.8 Å². The minimum Gasteiger partial charge on any atom is -0.395 e. The van der Waals surface area contributed by atoms with Gasteiger partial charge in [-0.15, -0.1) is 0 Å². The third kappa shape index (κ3) is 6.74. The Hall–Kier alpha value is -1.67. The van der Waals surface area contributed by atoms with Gasteiger partial charge in [0.05, 0.1) is 6.61 Å². The van der Waals surface area contributed by atoms with Gasteiger partial charge in [-0.1, -0.05) is 0 Å². The van der Waals surface area contributed by atoms with Crippen LogP contribution in [0.5, 0.6) is 0 Å². The number of rotatable bonds is 7. The van der Waals surface area contributed by atoms with Gasteiger partial charge in [-0.2, -0.15) is 0 Å². The summed E-state index contributed by atoms with van der Waals surface area (Å²) in [5.41, 5.74) is 10.2. The van der Waals surface area contributed by atoms with E-state index in [1.165, 1.54) is 0 Å². The maximum Gasteiger partial charge on any atom is 0.257 e. The monoisotopic (exact) mass is 232 g/mol.